The Hall–Kier alpha value is -1.89. The minimum absolute atomic E-state index is 0.0626. The number of nitrogens with zero attached hydrogens (tertiary/aromatic N) is 1. The molecule has 0 saturated carbocycles. The topological polar surface area (TPSA) is 83.6 Å². The maximum atomic E-state index is 12.2. The van der Waals surface area contributed by atoms with Crippen molar-refractivity contribution in [3.63, 3.8) is 0 Å². The largest absolute Gasteiger partial charge is 0.333 e. The lowest BCUT2D eigenvalue weighted by atomic mass is 10.0. The number of rotatable bonds is 3. The number of amides is 2. The molecule has 1 heterocycles. The van der Waals surface area contributed by atoms with Crippen molar-refractivity contribution in [1.29, 1.82) is 0 Å². The van der Waals surface area contributed by atoms with Gasteiger partial charge in [-0.15, -0.1) is 0 Å². The van der Waals surface area contributed by atoms with E-state index in [1.54, 1.807) is 12.1 Å². The van der Waals surface area contributed by atoms with Crippen molar-refractivity contribution in [2.75, 3.05) is 23.9 Å². The highest BCUT2D eigenvalue weighted by Crippen LogP contribution is 2.24. The van der Waals surface area contributed by atoms with Gasteiger partial charge in [-0.2, -0.15) is 0 Å². The van der Waals surface area contributed by atoms with Crippen molar-refractivity contribution >= 4 is 27.3 Å². The molecule has 126 valence electrons. The van der Waals surface area contributed by atoms with Gasteiger partial charge in [0.05, 0.1) is 11.5 Å². The van der Waals surface area contributed by atoms with Gasteiger partial charge < -0.3 is 10.2 Å². The van der Waals surface area contributed by atoms with Crippen LogP contribution in [0.15, 0.2) is 24.3 Å². The van der Waals surface area contributed by atoms with Gasteiger partial charge in [-0.25, -0.2) is 8.42 Å². The van der Waals surface area contributed by atoms with Crippen LogP contribution in [0, 0.1) is 0 Å². The number of sulfone groups is 1. The van der Waals surface area contributed by atoms with E-state index in [4.69, 9.17) is 0 Å². The Morgan fingerprint density at radius 1 is 1.26 bits per heavy atom. The van der Waals surface area contributed by atoms with E-state index in [-0.39, 0.29) is 17.4 Å². The average molecular weight is 338 g/mol. The van der Waals surface area contributed by atoms with Crippen LogP contribution in [0.1, 0.15) is 31.7 Å². The molecule has 1 aromatic carbocycles. The van der Waals surface area contributed by atoms with E-state index in [9.17, 15) is 18.0 Å². The van der Waals surface area contributed by atoms with E-state index in [2.05, 4.69) is 5.32 Å². The lowest BCUT2D eigenvalue weighted by molar-refractivity contribution is -0.143. The molecule has 2 rings (SSSR count). The van der Waals surface area contributed by atoms with Gasteiger partial charge in [0, 0.05) is 18.8 Å². The summed E-state index contributed by atoms with van der Waals surface area (Å²) in [7, 11) is -1.63. The summed E-state index contributed by atoms with van der Waals surface area (Å²) in [6.07, 6.45) is 0.375. The zero-order valence-electron chi connectivity index (χ0n) is 13.6. The summed E-state index contributed by atoms with van der Waals surface area (Å²) in [5, 5.41) is 2.64. The number of nitrogens with one attached hydrogen (secondary N) is 1. The van der Waals surface area contributed by atoms with Gasteiger partial charge in [-0.05, 0) is 24.0 Å². The second-order valence-corrected chi connectivity index (χ2v) is 8.40. The van der Waals surface area contributed by atoms with Crippen LogP contribution < -0.4 is 5.32 Å². The van der Waals surface area contributed by atoms with Crippen LogP contribution in [0.3, 0.4) is 0 Å². The highest BCUT2D eigenvalue weighted by atomic mass is 32.2. The normalized spacial score (nSPS) is 19.6. The van der Waals surface area contributed by atoms with Gasteiger partial charge in [0.15, 0.2) is 9.84 Å². The average Bonchev–Trinajstić information content (AvgIpc) is 2.86. The first-order valence-electron chi connectivity index (χ1n) is 7.59. The summed E-state index contributed by atoms with van der Waals surface area (Å²) in [6.45, 7) is 4.00. The predicted molar refractivity (Wildman–Crippen MR) is 89.0 cm³/mol. The monoisotopic (exact) mass is 338 g/mol. The highest BCUT2D eigenvalue weighted by molar-refractivity contribution is 7.91. The third-order valence-electron chi connectivity index (χ3n) is 4.10. The number of carbonyl (C=O) groups excluding carboxylic acids is 2. The first-order chi connectivity index (χ1) is 10.7. The van der Waals surface area contributed by atoms with E-state index in [1.807, 2.05) is 26.0 Å². The van der Waals surface area contributed by atoms with Gasteiger partial charge in [0.2, 0.25) is 0 Å². The molecule has 7 heteroatoms. The minimum Gasteiger partial charge on any atom is -0.333 e. The molecule has 0 aromatic heterocycles. The molecule has 1 fully saturated rings. The second-order valence-electron chi connectivity index (χ2n) is 6.17. The smallest absolute Gasteiger partial charge is 0.313 e. The molecule has 1 saturated heterocycles. The van der Waals surface area contributed by atoms with E-state index in [0.29, 0.717) is 12.1 Å². The van der Waals surface area contributed by atoms with Crippen molar-refractivity contribution in [3.05, 3.63) is 29.8 Å². The fourth-order valence-electron chi connectivity index (χ4n) is 2.70. The van der Waals surface area contributed by atoms with Crippen LogP contribution in [-0.4, -0.2) is 49.7 Å². The van der Waals surface area contributed by atoms with Gasteiger partial charge in [-0.1, -0.05) is 32.0 Å². The van der Waals surface area contributed by atoms with Crippen molar-refractivity contribution in [2.24, 2.45) is 0 Å². The summed E-state index contributed by atoms with van der Waals surface area (Å²) in [4.78, 5) is 25.7. The number of hydrogen-bond donors (Lipinski definition) is 1. The molecule has 0 spiro atoms. The predicted octanol–water partition coefficient (Wildman–Crippen LogP) is 1.39. The van der Waals surface area contributed by atoms with Crippen molar-refractivity contribution in [3.8, 4) is 0 Å². The lowest BCUT2D eigenvalue weighted by Crippen LogP contribution is -2.44. The van der Waals surface area contributed by atoms with E-state index >= 15 is 0 Å². The van der Waals surface area contributed by atoms with Crippen LogP contribution >= 0.6 is 0 Å². The van der Waals surface area contributed by atoms with Gasteiger partial charge in [0.25, 0.3) is 0 Å². The molecule has 1 aliphatic rings. The number of carbonyl (C=O) groups is 2. The Bertz CT molecular complexity index is 713. The Morgan fingerprint density at radius 3 is 2.48 bits per heavy atom. The summed E-state index contributed by atoms with van der Waals surface area (Å²) < 4.78 is 23.0. The molecule has 1 atom stereocenters. The number of para-hydroxylation sites is 1. The molecule has 1 N–H and O–H groups in total. The molecule has 23 heavy (non-hydrogen) atoms. The number of anilines is 1. The molecule has 1 aromatic rings. The summed E-state index contributed by atoms with van der Waals surface area (Å²) in [5.41, 5.74) is 1.55. The number of benzene rings is 1. The maximum absolute atomic E-state index is 12.2. The fourth-order valence-corrected chi connectivity index (χ4v) is 4.47. The first kappa shape index (κ1) is 17.5. The summed E-state index contributed by atoms with van der Waals surface area (Å²) in [5.74, 6) is -1.27. The van der Waals surface area contributed by atoms with Crippen LogP contribution in [0.5, 0.6) is 0 Å². The first-order valence-corrected chi connectivity index (χ1v) is 9.41. The highest BCUT2D eigenvalue weighted by Gasteiger charge is 2.34. The maximum Gasteiger partial charge on any atom is 0.313 e. The molecule has 6 nitrogen and oxygen atoms in total. The second kappa shape index (κ2) is 6.70. The zero-order chi connectivity index (χ0) is 17.2. The Balaban J connectivity index is 2.08. The lowest BCUT2D eigenvalue weighted by Gasteiger charge is -2.23. The van der Waals surface area contributed by atoms with Gasteiger partial charge in [-0.3, -0.25) is 9.59 Å². The number of hydrogen-bond acceptors (Lipinski definition) is 4. The van der Waals surface area contributed by atoms with E-state index in [0.717, 1.165) is 5.56 Å². The van der Waals surface area contributed by atoms with Crippen LogP contribution in [0.25, 0.3) is 0 Å². The van der Waals surface area contributed by atoms with Gasteiger partial charge >= 0.3 is 11.8 Å². The Labute approximate surface area is 136 Å². The molecular formula is C16H22N2O4S. The van der Waals surface area contributed by atoms with E-state index in [1.165, 1.54) is 11.9 Å². The Kier molecular flexibility index (Phi) is 5.09. The van der Waals surface area contributed by atoms with Gasteiger partial charge in [0.1, 0.15) is 0 Å². The summed E-state index contributed by atoms with van der Waals surface area (Å²) in [6, 6.07) is 6.89. The van der Waals surface area contributed by atoms with Crippen LogP contribution in [-0.2, 0) is 19.4 Å². The molecular weight excluding hydrogens is 316 g/mol. The van der Waals surface area contributed by atoms with Crippen LogP contribution in [0.4, 0.5) is 5.69 Å². The molecule has 0 aliphatic carbocycles. The standard InChI is InChI=1S/C16H22N2O4S/c1-11(2)13-6-4-5-7-14(13)17-15(19)16(20)18(3)12-8-9-23(21,22)10-12/h4-7,11-12H,8-10H2,1-3H3,(H,17,19). The quantitative estimate of drug-likeness (QED) is 0.844. The van der Waals surface area contributed by atoms with E-state index < -0.39 is 27.7 Å². The minimum atomic E-state index is -3.10. The molecule has 2 amide bonds. The summed E-state index contributed by atoms with van der Waals surface area (Å²) >= 11 is 0. The third kappa shape index (κ3) is 4.10. The third-order valence-corrected chi connectivity index (χ3v) is 5.85. The number of likely N-dealkylation sites (N-methyl/N-ethyl adjacent to an activating group) is 1. The molecule has 0 bridgehead atoms. The van der Waals surface area contributed by atoms with Crippen molar-refractivity contribution in [1.82, 2.24) is 4.90 Å². The van der Waals surface area contributed by atoms with Crippen LogP contribution in [0.2, 0.25) is 0 Å². The fraction of sp³-hybridized carbons (Fsp3) is 0.500. The SMILES string of the molecule is CC(C)c1ccccc1NC(=O)C(=O)N(C)C1CCS(=O)(=O)C1. The van der Waals surface area contributed by atoms with Crippen molar-refractivity contribution in [2.45, 2.75) is 32.2 Å². The zero-order valence-corrected chi connectivity index (χ0v) is 14.4. The van der Waals surface area contributed by atoms with Crippen molar-refractivity contribution < 1.29 is 18.0 Å². The molecule has 1 unspecified atom stereocenters. The molecule has 1 aliphatic heterocycles. The molecule has 0 radical (unpaired) electrons. The Morgan fingerprint density at radius 2 is 1.91 bits per heavy atom.